The number of amides is 1. The zero-order valence-electron chi connectivity index (χ0n) is 12.4. The molecule has 1 amide bonds. The Morgan fingerprint density at radius 3 is 2.65 bits per heavy atom. The molecule has 0 radical (unpaired) electrons. The maximum absolute atomic E-state index is 11.8. The molecule has 0 atom stereocenters. The van der Waals surface area contributed by atoms with E-state index in [1.54, 1.807) is 16.2 Å². The molecule has 114 valence electrons. The second kappa shape index (κ2) is 5.58. The zero-order chi connectivity index (χ0) is 16.0. The summed E-state index contributed by atoms with van der Waals surface area (Å²) in [5.41, 5.74) is 5.21. The number of thiazole rings is 1. The van der Waals surface area contributed by atoms with Crippen molar-refractivity contribution in [1.82, 2.24) is 4.98 Å². The molecule has 23 heavy (non-hydrogen) atoms. The van der Waals surface area contributed by atoms with Gasteiger partial charge in [-0.15, -0.1) is 11.3 Å². The number of anilines is 1. The largest absolute Gasteiger partial charge is 0.315 e. The van der Waals surface area contributed by atoms with Crippen molar-refractivity contribution in [2.75, 3.05) is 11.9 Å². The standard InChI is InChI=1S/C18H13BrN2OS/c1-21-16-7-4-12(8-13(16)9-17(21)22)15-10-23-18(20-15)11-2-5-14(19)6-3-11/h2-8,10H,9H2,1H3. The fraction of sp³-hybridized carbons (Fsp3) is 0.111. The Hall–Kier alpha value is -1.98. The molecule has 2 aromatic carbocycles. The number of carbonyl (C=O) groups is 1. The summed E-state index contributed by atoms with van der Waals surface area (Å²) in [7, 11) is 1.82. The Bertz CT molecular complexity index is 902. The van der Waals surface area contributed by atoms with Gasteiger partial charge in [0.25, 0.3) is 0 Å². The second-order valence-electron chi connectivity index (χ2n) is 5.52. The molecule has 1 aromatic heterocycles. The lowest BCUT2D eigenvalue weighted by atomic mass is 10.1. The number of benzene rings is 2. The molecule has 0 spiro atoms. The molecule has 0 unspecified atom stereocenters. The molecule has 0 aliphatic carbocycles. The third-order valence-corrected chi connectivity index (χ3v) is 5.47. The van der Waals surface area contributed by atoms with Gasteiger partial charge < -0.3 is 4.90 Å². The van der Waals surface area contributed by atoms with E-state index in [1.807, 2.05) is 31.3 Å². The van der Waals surface area contributed by atoms with Gasteiger partial charge in [0.05, 0.1) is 12.1 Å². The number of aromatic nitrogens is 1. The molecule has 0 saturated carbocycles. The molecule has 0 N–H and O–H groups in total. The molecule has 5 heteroatoms. The summed E-state index contributed by atoms with van der Waals surface area (Å²) < 4.78 is 1.06. The van der Waals surface area contributed by atoms with Crippen LogP contribution in [0.3, 0.4) is 0 Å². The average Bonchev–Trinajstić information content (AvgIpc) is 3.14. The topological polar surface area (TPSA) is 33.2 Å². The van der Waals surface area contributed by atoms with Crippen LogP contribution in [0.25, 0.3) is 21.8 Å². The molecule has 0 fully saturated rings. The molecule has 0 bridgehead atoms. The lowest BCUT2D eigenvalue weighted by molar-refractivity contribution is -0.117. The predicted octanol–water partition coefficient (Wildman–Crippen LogP) is 4.76. The van der Waals surface area contributed by atoms with Gasteiger partial charge in [-0.3, -0.25) is 4.79 Å². The van der Waals surface area contributed by atoms with E-state index in [4.69, 9.17) is 4.98 Å². The smallest absolute Gasteiger partial charge is 0.231 e. The van der Waals surface area contributed by atoms with Gasteiger partial charge in [-0.05, 0) is 29.8 Å². The summed E-state index contributed by atoms with van der Waals surface area (Å²) >= 11 is 5.08. The van der Waals surface area contributed by atoms with E-state index in [-0.39, 0.29) is 5.91 Å². The molecule has 4 rings (SSSR count). The predicted molar refractivity (Wildman–Crippen MR) is 97.8 cm³/mol. The van der Waals surface area contributed by atoms with Gasteiger partial charge in [-0.1, -0.05) is 34.1 Å². The number of hydrogen-bond acceptors (Lipinski definition) is 3. The van der Waals surface area contributed by atoms with Crippen molar-refractivity contribution in [3.63, 3.8) is 0 Å². The SMILES string of the molecule is CN1C(=O)Cc2cc(-c3csc(-c4ccc(Br)cc4)n3)ccc21. The van der Waals surface area contributed by atoms with Crippen molar-refractivity contribution in [3.05, 3.63) is 57.9 Å². The van der Waals surface area contributed by atoms with Crippen LogP contribution in [0, 0.1) is 0 Å². The van der Waals surface area contributed by atoms with Crippen molar-refractivity contribution in [3.8, 4) is 21.8 Å². The summed E-state index contributed by atoms with van der Waals surface area (Å²) in [5.74, 6) is 0.144. The van der Waals surface area contributed by atoms with Gasteiger partial charge >= 0.3 is 0 Å². The van der Waals surface area contributed by atoms with Crippen LogP contribution < -0.4 is 4.90 Å². The summed E-state index contributed by atoms with van der Waals surface area (Å²) in [6.07, 6.45) is 0.476. The summed E-state index contributed by atoms with van der Waals surface area (Å²) in [6, 6.07) is 14.3. The maximum atomic E-state index is 11.8. The number of likely N-dealkylation sites (N-methyl/N-ethyl adjacent to an activating group) is 1. The lowest BCUT2D eigenvalue weighted by Crippen LogP contribution is -2.20. The van der Waals surface area contributed by atoms with Crippen LogP contribution in [0.2, 0.25) is 0 Å². The molecule has 1 aliphatic rings. The number of nitrogens with zero attached hydrogens (tertiary/aromatic N) is 2. The highest BCUT2D eigenvalue weighted by Crippen LogP contribution is 2.34. The van der Waals surface area contributed by atoms with Crippen molar-refractivity contribution >= 4 is 38.9 Å². The quantitative estimate of drug-likeness (QED) is 0.637. The Kier molecular flexibility index (Phi) is 3.54. The Morgan fingerprint density at radius 2 is 1.87 bits per heavy atom. The van der Waals surface area contributed by atoms with Gasteiger partial charge in [0, 0.05) is 33.7 Å². The number of halogens is 1. The first-order valence-electron chi connectivity index (χ1n) is 7.23. The van der Waals surface area contributed by atoms with Gasteiger partial charge in [0.2, 0.25) is 5.91 Å². The van der Waals surface area contributed by atoms with E-state index in [0.717, 1.165) is 37.6 Å². The summed E-state index contributed by atoms with van der Waals surface area (Å²) in [4.78, 5) is 18.3. The highest BCUT2D eigenvalue weighted by molar-refractivity contribution is 9.10. The Labute approximate surface area is 146 Å². The minimum absolute atomic E-state index is 0.144. The molecule has 3 aromatic rings. The Balaban J connectivity index is 1.69. The summed E-state index contributed by atoms with van der Waals surface area (Å²) in [5, 5.41) is 3.07. The third-order valence-electron chi connectivity index (χ3n) is 4.05. The van der Waals surface area contributed by atoms with Crippen molar-refractivity contribution in [1.29, 1.82) is 0 Å². The third kappa shape index (κ3) is 2.60. The fourth-order valence-electron chi connectivity index (χ4n) is 2.76. The molecule has 2 heterocycles. The van der Waals surface area contributed by atoms with Crippen molar-refractivity contribution in [2.45, 2.75) is 6.42 Å². The van der Waals surface area contributed by atoms with Crippen LogP contribution in [-0.2, 0) is 11.2 Å². The molecular formula is C18H13BrN2OS. The first-order valence-corrected chi connectivity index (χ1v) is 8.90. The first-order chi connectivity index (χ1) is 11.1. The van der Waals surface area contributed by atoms with E-state index in [9.17, 15) is 4.79 Å². The zero-order valence-corrected chi connectivity index (χ0v) is 14.8. The maximum Gasteiger partial charge on any atom is 0.231 e. The van der Waals surface area contributed by atoms with E-state index in [1.165, 1.54) is 0 Å². The number of carbonyl (C=O) groups excluding carboxylic acids is 1. The molecule has 1 aliphatic heterocycles. The number of rotatable bonds is 2. The van der Waals surface area contributed by atoms with Crippen molar-refractivity contribution < 1.29 is 4.79 Å². The highest BCUT2D eigenvalue weighted by Gasteiger charge is 2.24. The highest BCUT2D eigenvalue weighted by atomic mass is 79.9. The number of fused-ring (bicyclic) bond motifs is 1. The van der Waals surface area contributed by atoms with Crippen molar-refractivity contribution in [2.24, 2.45) is 0 Å². The van der Waals surface area contributed by atoms with Crippen LogP contribution in [0.5, 0.6) is 0 Å². The average molecular weight is 385 g/mol. The molecule has 3 nitrogen and oxygen atoms in total. The monoisotopic (exact) mass is 384 g/mol. The minimum atomic E-state index is 0.144. The van der Waals surface area contributed by atoms with E-state index < -0.39 is 0 Å². The lowest BCUT2D eigenvalue weighted by Gasteiger charge is -2.09. The first kappa shape index (κ1) is 14.6. The van der Waals surface area contributed by atoms with E-state index >= 15 is 0 Å². The second-order valence-corrected chi connectivity index (χ2v) is 7.29. The molecule has 0 saturated heterocycles. The number of hydrogen-bond donors (Lipinski definition) is 0. The Morgan fingerprint density at radius 1 is 1.13 bits per heavy atom. The van der Waals surface area contributed by atoms with Gasteiger partial charge in [0.1, 0.15) is 5.01 Å². The van der Waals surface area contributed by atoms with Crippen LogP contribution in [0.1, 0.15) is 5.56 Å². The fourth-order valence-corrected chi connectivity index (χ4v) is 3.86. The normalized spacial score (nSPS) is 13.5. The van der Waals surface area contributed by atoms with Crippen LogP contribution in [0.15, 0.2) is 52.3 Å². The van der Waals surface area contributed by atoms with E-state index in [2.05, 4.69) is 39.5 Å². The van der Waals surface area contributed by atoms with Crippen LogP contribution in [0.4, 0.5) is 5.69 Å². The van der Waals surface area contributed by atoms with Crippen LogP contribution in [-0.4, -0.2) is 17.9 Å². The van der Waals surface area contributed by atoms with Gasteiger partial charge in [0.15, 0.2) is 0 Å². The minimum Gasteiger partial charge on any atom is -0.315 e. The van der Waals surface area contributed by atoms with Gasteiger partial charge in [-0.2, -0.15) is 0 Å². The van der Waals surface area contributed by atoms with Gasteiger partial charge in [-0.25, -0.2) is 4.98 Å². The van der Waals surface area contributed by atoms with Crippen LogP contribution >= 0.6 is 27.3 Å². The van der Waals surface area contributed by atoms with E-state index in [0.29, 0.717) is 6.42 Å². The summed E-state index contributed by atoms with van der Waals surface area (Å²) in [6.45, 7) is 0. The molecular weight excluding hydrogens is 372 g/mol.